The molecule has 0 aromatic heterocycles. The van der Waals surface area contributed by atoms with Crippen LogP contribution in [0.1, 0.15) is 63.9 Å². The molecule has 2 aromatic rings. The highest BCUT2D eigenvalue weighted by molar-refractivity contribution is 5.94. The molecule has 0 radical (unpaired) electrons. The second kappa shape index (κ2) is 9.59. The number of nitrogens with zero attached hydrogens (tertiary/aromatic N) is 1. The van der Waals surface area contributed by atoms with E-state index in [1.165, 1.54) is 13.5 Å². The molecular weight excluding hydrogens is 366 g/mol. The average molecular weight is 395 g/mol. The summed E-state index contributed by atoms with van der Waals surface area (Å²) in [4.78, 5) is 27.4. The zero-order valence-electron chi connectivity index (χ0n) is 17.4. The summed E-state index contributed by atoms with van der Waals surface area (Å²) in [6.45, 7) is 2.40. The number of esters is 1. The fourth-order valence-electron chi connectivity index (χ4n) is 3.95. The second-order valence-electron chi connectivity index (χ2n) is 7.61. The number of ether oxygens (including phenoxy) is 2. The Morgan fingerprint density at radius 3 is 2.24 bits per heavy atom. The van der Waals surface area contributed by atoms with E-state index in [2.05, 4.69) is 0 Å². The predicted molar refractivity (Wildman–Crippen MR) is 112 cm³/mol. The largest absolute Gasteiger partial charge is 0.496 e. The van der Waals surface area contributed by atoms with Crippen LogP contribution in [-0.2, 0) is 11.3 Å². The SMILES string of the molecule is COC(=O)c1ccc(OC)c(CN(C(=O)c2ccc(C)cc2)C2CCCCC2)c1. The number of amides is 1. The van der Waals surface area contributed by atoms with Crippen molar-refractivity contribution in [2.75, 3.05) is 14.2 Å². The molecule has 0 atom stereocenters. The molecule has 1 aliphatic rings. The summed E-state index contributed by atoms with van der Waals surface area (Å²) < 4.78 is 10.4. The van der Waals surface area contributed by atoms with Crippen LogP contribution in [-0.4, -0.2) is 37.0 Å². The van der Waals surface area contributed by atoms with Crippen molar-refractivity contribution in [1.82, 2.24) is 4.90 Å². The summed E-state index contributed by atoms with van der Waals surface area (Å²) in [7, 11) is 2.96. The second-order valence-corrected chi connectivity index (χ2v) is 7.61. The molecule has 0 bridgehead atoms. The van der Waals surface area contributed by atoms with Crippen molar-refractivity contribution in [2.45, 2.75) is 51.6 Å². The van der Waals surface area contributed by atoms with E-state index in [9.17, 15) is 9.59 Å². The third kappa shape index (κ3) is 4.97. The van der Waals surface area contributed by atoms with Crippen LogP contribution in [0.3, 0.4) is 0 Å². The van der Waals surface area contributed by atoms with Gasteiger partial charge in [0, 0.05) is 23.7 Å². The van der Waals surface area contributed by atoms with Crippen LogP contribution in [0.2, 0.25) is 0 Å². The summed E-state index contributed by atoms with van der Waals surface area (Å²) >= 11 is 0. The maximum absolute atomic E-state index is 13.4. The van der Waals surface area contributed by atoms with Crippen LogP contribution in [0.4, 0.5) is 0 Å². The first-order valence-corrected chi connectivity index (χ1v) is 10.2. The molecule has 5 nitrogen and oxygen atoms in total. The van der Waals surface area contributed by atoms with Gasteiger partial charge in [-0.05, 0) is 50.1 Å². The van der Waals surface area contributed by atoms with Gasteiger partial charge in [-0.2, -0.15) is 0 Å². The number of methoxy groups -OCH3 is 2. The van der Waals surface area contributed by atoms with E-state index in [1.807, 2.05) is 36.1 Å². The molecule has 0 N–H and O–H groups in total. The number of benzene rings is 2. The Labute approximate surface area is 172 Å². The molecule has 0 saturated heterocycles. The molecule has 1 amide bonds. The van der Waals surface area contributed by atoms with E-state index in [1.54, 1.807) is 25.3 Å². The molecule has 3 rings (SSSR count). The molecule has 1 saturated carbocycles. The van der Waals surface area contributed by atoms with Crippen molar-refractivity contribution in [2.24, 2.45) is 0 Å². The summed E-state index contributed by atoms with van der Waals surface area (Å²) in [5.41, 5.74) is 3.07. The van der Waals surface area contributed by atoms with Crippen LogP contribution in [0.25, 0.3) is 0 Å². The van der Waals surface area contributed by atoms with E-state index < -0.39 is 5.97 Å². The van der Waals surface area contributed by atoms with E-state index >= 15 is 0 Å². The standard InChI is InChI=1S/C24H29NO4/c1-17-9-11-18(12-10-17)23(26)25(21-7-5-4-6-8-21)16-20-15-19(24(27)29-3)13-14-22(20)28-2/h9-15,21H,4-8,16H2,1-3H3. The van der Waals surface area contributed by atoms with Crippen molar-refractivity contribution in [3.05, 3.63) is 64.7 Å². The van der Waals surface area contributed by atoms with E-state index in [-0.39, 0.29) is 11.9 Å². The van der Waals surface area contributed by atoms with Crippen molar-refractivity contribution in [3.8, 4) is 5.75 Å². The number of aryl methyl sites for hydroxylation is 1. The van der Waals surface area contributed by atoms with Gasteiger partial charge in [-0.1, -0.05) is 37.0 Å². The average Bonchev–Trinajstić information content (AvgIpc) is 2.77. The maximum Gasteiger partial charge on any atom is 0.337 e. The van der Waals surface area contributed by atoms with Gasteiger partial charge in [-0.25, -0.2) is 4.79 Å². The lowest BCUT2D eigenvalue weighted by Gasteiger charge is -2.35. The van der Waals surface area contributed by atoms with Gasteiger partial charge in [0.05, 0.1) is 19.8 Å². The minimum Gasteiger partial charge on any atom is -0.496 e. The number of hydrogen-bond donors (Lipinski definition) is 0. The highest BCUT2D eigenvalue weighted by Crippen LogP contribution is 2.29. The molecule has 29 heavy (non-hydrogen) atoms. The summed E-state index contributed by atoms with van der Waals surface area (Å²) in [5, 5.41) is 0. The zero-order valence-corrected chi connectivity index (χ0v) is 17.4. The molecule has 0 spiro atoms. The van der Waals surface area contributed by atoms with Gasteiger partial charge in [-0.15, -0.1) is 0 Å². The maximum atomic E-state index is 13.4. The molecule has 1 aliphatic carbocycles. The van der Waals surface area contributed by atoms with Crippen LogP contribution in [0.5, 0.6) is 5.75 Å². The third-order valence-electron chi connectivity index (χ3n) is 5.62. The first kappa shape index (κ1) is 20.9. The monoisotopic (exact) mass is 395 g/mol. The van der Waals surface area contributed by atoms with E-state index in [0.717, 1.165) is 36.8 Å². The van der Waals surface area contributed by atoms with Gasteiger partial charge < -0.3 is 14.4 Å². The topological polar surface area (TPSA) is 55.8 Å². The van der Waals surface area contributed by atoms with Crippen molar-refractivity contribution in [3.63, 3.8) is 0 Å². The summed E-state index contributed by atoms with van der Waals surface area (Å²) in [6.07, 6.45) is 5.46. The first-order valence-electron chi connectivity index (χ1n) is 10.2. The van der Waals surface area contributed by atoms with Gasteiger partial charge in [0.15, 0.2) is 0 Å². The number of carbonyl (C=O) groups is 2. The fourth-order valence-corrected chi connectivity index (χ4v) is 3.95. The number of hydrogen-bond acceptors (Lipinski definition) is 4. The Morgan fingerprint density at radius 2 is 1.62 bits per heavy atom. The Balaban J connectivity index is 1.95. The summed E-state index contributed by atoms with van der Waals surface area (Å²) in [6, 6.07) is 13.1. The van der Waals surface area contributed by atoms with Crippen molar-refractivity contribution in [1.29, 1.82) is 0 Å². The van der Waals surface area contributed by atoms with Crippen LogP contribution in [0.15, 0.2) is 42.5 Å². The molecular formula is C24H29NO4. The highest BCUT2D eigenvalue weighted by atomic mass is 16.5. The molecule has 154 valence electrons. The number of rotatable bonds is 6. The molecule has 2 aromatic carbocycles. The minimum absolute atomic E-state index is 0.0161. The minimum atomic E-state index is -0.400. The lowest BCUT2D eigenvalue weighted by atomic mass is 9.93. The summed E-state index contributed by atoms with van der Waals surface area (Å²) in [5.74, 6) is 0.278. The van der Waals surface area contributed by atoms with Crippen LogP contribution < -0.4 is 4.74 Å². The smallest absolute Gasteiger partial charge is 0.337 e. The first-order chi connectivity index (χ1) is 14.0. The van der Waals surface area contributed by atoms with E-state index in [4.69, 9.17) is 9.47 Å². The Bertz CT molecular complexity index is 854. The lowest BCUT2D eigenvalue weighted by molar-refractivity contribution is 0.0600. The molecule has 0 aliphatic heterocycles. The van der Waals surface area contributed by atoms with Gasteiger partial charge in [0.2, 0.25) is 0 Å². The lowest BCUT2D eigenvalue weighted by Crippen LogP contribution is -2.41. The van der Waals surface area contributed by atoms with E-state index in [0.29, 0.717) is 23.4 Å². The fraction of sp³-hybridized carbons (Fsp3) is 0.417. The number of carbonyl (C=O) groups excluding carboxylic acids is 2. The van der Waals surface area contributed by atoms with Gasteiger partial charge in [-0.3, -0.25) is 4.79 Å². The Morgan fingerprint density at radius 1 is 0.966 bits per heavy atom. The van der Waals surface area contributed by atoms with Crippen molar-refractivity contribution >= 4 is 11.9 Å². The normalized spacial score (nSPS) is 14.3. The van der Waals surface area contributed by atoms with Crippen molar-refractivity contribution < 1.29 is 19.1 Å². The van der Waals surface area contributed by atoms with Crippen LogP contribution >= 0.6 is 0 Å². The van der Waals surface area contributed by atoms with Gasteiger partial charge in [0.1, 0.15) is 5.75 Å². The van der Waals surface area contributed by atoms with Gasteiger partial charge >= 0.3 is 5.97 Å². The van der Waals surface area contributed by atoms with Crippen LogP contribution in [0, 0.1) is 6.92 Å². The molecule has 0 heterocycles. The zero-order chi connectivity index (χ0) is 20.8. The molecule has 1 fully saturated rings. The Kier molecular flexibility index (Phi) is 6.91. The van der Waals surface area contributed by atoms with Gasteiger partial charge in [0.25, 0.3) is 5.91 Å². The molecule has 0 unspecified atom stereocenters. The highest BCUT2D eigenvalue weighted by Gasteiger charge is 2.27. The molecule has 5 heteroatoms. The third-order valence-corrected chi connectivity index (χ3v) is 5.62. The quantitative estimate of drug-likeness (QED) is 0.662. The Hall–Kier alpha value is -2.82. The predicted octanol–water partition coefficient (Wildman–Crippen LogP) is 4.77.